The lowest BCUT2D eigenvalue weighted by atomic mass is 10.1. The van der Waals surface area contributed by atoms with Crippen LogP contribution < -0.4 is 4.74 Å². The summed E-state index contributed by atoms with van der Waals surface area (Å²) in [6, 6.07) is 1.22. The van der Waals surface area contributed by atoms with Crippen LogP contribution in [0.3, 0.4) is 0 Å². The van der Waals surface area contributed by atoms with Crippen LogP contribution >= 0.6 is 11.6 Å². The van der Waals surface area contributed by atoms with Gasteiger partial charge in [-0.15, -0.1) is 0 Å². The third-order valence-electron chi connectivity index (χ3n) is 1.74. The van der Waals surface area contributed by atoms with E-state index >= 15 is 0 Å². The van der Waals surface area contributed by atoms with Crippen LogP contribution in [0.25, 0.3) is 0 Å². The number of carbonyl (C=O) groups is 1. The Labute approximate surface area is 92.8 Å². The highest BCUT2D eigenvalue weighted by molar-refractivity contribution is 6.32. The predicted molar refractivity (Wildman–Crippen MR) is 48.3 cm³/mol. The van der Waals surface area contributed by atoms with E-state index in [0.29, 0.717) is 12.1 Å². The van der Waals surface area contributed by atoms with E-state index in [0.717, 1.165) is 0 Å². The van der Waals surface area contributed by atoms with Crippen LogP contribution in [0, 0.1) is 5.82 Å². The molecule has 0 heterocycles. The van der Waals surface area contributed by atoms with Crippen LogP contribution in [0.15, 0.2) is 12.1 Å². The van der Waals surface area contributed by atoms with Gasteiger partial charge in [0.1, 0.15) is 11.6 Å². The number of carbonyl (C=O) groups excluding carboxylic acids is 1. The Hall–Kier alpha value is -1.30. The van der Waals surface area contributed by atoms with E-state index in [2.05, 4.69) is 4.74 Å². The highest BCUT2D eigenvalue weighted by atomic mass is 35.5. The van der Waals surface area contributed by atoms with Crippen molar-refractivity contribution in [2.45, 2.75) is 6.18 Å². The summed E-state index contributed by atoms with van der Waals surface area (Å²) in [6.07, 6.45) is -5.14. The van der Waals surface area contributed by atoms with Crippen molar-refractivity contribution in [2.24, 2.45) is 0 Å². The fourth-order valence-electron chi connectivity index (χ4n) is 1.01. The van der Waals surface area contributed by atoms with Gasteiger partial charge in [0, 0.05) is 6.07 Å². The molecule has 0 aromatic heterocycles. The maximum Gasteiger partial charge on any atom is 0.454 e. The van der Waals surface area contributed by atoms with Crippen molar-refractivity contribution in [3.63, 3.8) is 0 Å². The SMILES string of the molecule is COc1cc(F)c(C(=O)C(F)(F)F)cc1Cl. The summed E-state index contributed by atoms with van der Waals surface area (Å²) in [5.74, 6) is -3.75. The summed E-state index contributed by atoms with van der Waals surface area (Å²) in [6.45, 7) is 0. The van der Waals surface area contributed by atoms with Gasteiger partial charge >= 0.3 is 6.18 Å². The van der Waals surface area contributed by atoms with Gasteiger partial charge in [0.15, 0.2) is 0 Å². The first-order valence-electron chi connectivity index (χ1n) is 3.92. The Morgan fingerprint density at radius 3 is 2.38 bits per heavy atom. The smallest absolute Gasteiger partial charge is 0.454 e. The highest BCUT2D eigenvalue weighted by Crippen LogP contribution is 2.30. The molecule has 0 aliphatic carbocycles. The minimum absolute atomic E-state index is 0.141. The van der Waals surface area contributed by atoms with Gasteiger partial charge in [0.25, 0.3) is 5.78 Å². The molecule has 2 nitrogen and oxygen atoms in total. The van der Waals surface area contributed by atoms with Crippen molar-refractivity contribution >= 4 is 17.4 Å². The van der Waals surface area contributed by atoms with E-state index in [1.54, 1.807) is 0 Å². The summed E-state index contributed by atoms with van der Waals surface area (Å²) < 4.78 is 53.8. The molecular formula is C9H5ClF4O2. The van der Waals surface area contributed by atoms with Gasteiger partial charge in [-0.2, -0.15) is 13.2 Å². The van der Waals surface area contributed by atoms with E-state index in [9.17, 15) is 22.4 Å². The topological polar surface area (TPSA) is 26.3 Å². The van der Waals surface area contributed by atoms with E-state index < -0.39 is 23.3 Å². The van der Waals surface area contributed by atoms with Gasteiger partial charge < -0.3 is 4.74 Å². The number of hydrogen-bond acceptors (Lipinski definition) is 2. The van der Waals surface area contributed by atoms with Crippen LogP contribution in [-0.2, 0) is 0 Å². The Morgan fingerprint density at radius 1 is 1.38 bits per heavy atom. The zero-order valence-corrected chi connectivity index (χ0v) is 8.62. The Kier molecular flexibility index (Phi) is 3.42. The second-order valence-corrected chi connectivity index (χ2v) is 3.20. The number of alkyl halides is 3. The predicted octanol–water partition coefficient (Wildman–Crippen LogP) is 3.23. The molecule has 1 rings (SSSR count). The number of rotatable bonds is 2. The molecule has 0 saturated heterocycles. The average molecular weight is 257 g/mol. The molecule has 0 fully saturated rings. The molecule has 7 heteroatoms. The molecule has 0 spiro atoms. The molecule has 1 aromatic carbocycles. The summed E-state index contributed by atoms with van der Waals surface area (Å²) >= 11 is 5.48. The number of Topliss-reactive ketones (excluding diaryl/α,β-unsaturated/α-hetero) is 1. The molecule has 0 atom stereocenters. The maximum absolute atomic E-state index is 13.1. The van der Waals surface area contributed by atoms with Crippen LogP contribution in [0.1, 0.15) is 10.4 Å². The molecule has 88 valence electrons. The maximum atomic E-state index is 13.1. The Balaban J connectivity index is 3.27. The fourth-order valence-corrected chi connectivity index (χ4v) is 1.25. The average Bonchev–Trinajstić information content (AvgIpc) is 2.18. The minimum atomic E-state index is -5.14. The van der Waals surface area contributed by atoms with Crippen LogP contribution in [-0.4, -0.2) is 19.1 Å². The molecule has 0 bridgehead atoms. The molecule has 0 N–H and O–H groups in total. The monoisotopic (exact) mass is 256 g/mol. The lowest BCUT2D eigenvalue weighted by molar-refractivity contribution is -0.0887. The molecule has 0 aliphatic heterocycles. The summed E-state index contributed by atoms with van der Waals surface area (Å²) in [7, 11) is 1.17. The van der Waals surface area contributed by atoms with Crippen molar-refractivity contribution < 1.29 is 27.1 Å². The van der Waals surface area contributed by atoms with Crippen LogP contribution in [0.2, 0.25) is 5.02 Å². The van der Waals surface area contributed by atoms with Gasteiger partial charge in [0.2, 0.25) is 0 Å². The first-order chi connectivity index (χ1) is 7.27. The summed E-state index contributed by atoms with van der Waals surface area (Å²) in [5.41, 5.74) is -1.13. The number of hydrogen-bond donors (Lipinski definition) is 0. The zero-order chi connectivity index (χ0) is 12.5. The third kappa shape index (κ3) is 2.44. The molecule has 1 aromatic rings. The van der Waals surface area contributed by atoms with E-state index in [4.69, 9.17) is 11.6 Å². The van der Waals surface area contributed by atoms with E-state index in [-0.39, 0.29) is 10.8 Å². The second-order valence-electron chi connectivity index (χ2n) is 2.79. The number of benzene rings is 1. The minimum Gasteiger partial charge on any atom is -0.495 e. The standard InChI is InChI=1S/C9H5ClF4O2/c1-16-7-3-6(11)4(2-5(7)10)8(15)9(12,13)14/h2-3H,1H3. The summed E-state index contributed by atoms with van der Waals surface area (Å²) in [5, 5.41) is -0.267. The van der Waals surface area contributed by atoms with Gasteiger partial charge in [-0.05, 0) is 6.07 Å². The van der Waals surface area contributed by atoms with Crippen molar-refractivity contribution in [3.05, 3.63) is 28.5 Å². The second kappa shape index (κ2) is 4.29. The van der Waals surface area contributed by atoms with Crippen molar-refractivity contribution in [1.82, 2.24) is 0 Å². The van der Waals surface area contributed by atoms with E-state index in [1.165, 1.54) is 7.11 Å². The highest BCUT2D eigenvalue weighted by Gasteiger charge is 2.41. The van der Waals surface area contributed by atoms with Gasteiger partial charge in [0.05, 0.1) is 17.7 Å². The Bertz CT molecular complexity index is 428. The normalized spacial score (nSPS) is 11.4. The lowest BCUT2D eigenvalue weighted by Gasteiger charge is -2.09. The molecule has 0 aliphatic rings. The van der Waals surface area contributed by atoms with Crippen molar-refractivity contribution in [3.8, 4) is 5.75 Å². The molecular weight excluding hydrogens is 252 g/mol. The number of halogens is 5. The van der Waals surface area contributed by atoms with Crippen molar-refractivity contribution in [2.75, 3.05) is 7.11 Å². The summed E-state index contributed by atoms with van der Waals surface area (Å²) in [4.78, 5) is 10.8. The first-order valence-corrected chi connectivity index (χ1v) is 4.29. The molecule has 0 saturated carbocycles. The number of ketones is 1. The van der Waals surface area contributed by atoms with Crippen molar-refractivity contribution in [1.29, 1.82) is 0 Å². The Morgan fingerprint density at radius 2 is 1.94 bits per heavy atom. The first kappa shape index (κ1) is 12.8. The van der Waals surface area contributed by atoms with Gasteiger partial charge in [-0.1, -0.05) is 11.6 Å². The fraction of sp³-hybridized carbons (Fsp3) is 0.222. The number of methoxy groups -OCH3 is 1. The molecule has 0 radical (unpaired) electrons. The lowest BCUT2D eigenvalue weighted by Crippen LogP contribution is -2.23. The van der Waals surface area contributed by atoms with Crippen LogP contribution in [0.4, 0.5) is 17.6 Å². The molecule has 16 heavy (non-hydrogen) atoms. The zero-order valence-electron chi connectivity index (χ0n) is 7.86. The van der Waals surface area contributed by atoms with E-state index in [1.807, 2.05) is 0 Å². The van der Waals surface area contributed by atoms with Crippen LogP contribution in [0.5, 0.6) is 5.75 Å². The largest absolute Gasteiger partial charge is 0.495 e. The van der Waals surface area contributed by atoms with Gasteiger partial charge in [-0.3, -0.25) is 4.79 Å². The quantitative estimate of drug-likeness (QED) is 0.600. The molecule has 0 unspecified atom stereocenters. The molecule has 0 amide bonds. The van der Waals surface area contributed by atoms with Gasteiger partial charge in [-0.25, -0.2) is 4.39 Å². The number of ether oxygens (including phenoxy) is 1. The third-order valence-corrected chi connectivity index (χ3v) is 2.04.